The Balaban J connectivity index is 1.39. The van der Waals surface area contributed by atoms with Gasteiger partial charge in [-0.2, -0.15) is 4.98 Å². The lowest BCUT2D eigenvalue weighted by Crippen LogP contribution is -2.63. The predicted octanol–water partition coefficient (Wildman–Crippen LogP) is 0.0222. The molecule has 1 atom stereocenters. The van der Waals surface area contributed by atoms with Gasteiger partial charge in [-0.25, -0.2) is 14.4 Å². The first-order valence-corrected chi connectivity index (χ1v) is 13.0. The molecule has 6 N–H and O–H groups in total. The summed E-state index contributed by atoms with van der Waals surface area (Å²) in [6.07, 6.45) is 3.48. The number of nitrogens with one attached hydrogen (secondary N) is 1. The van der Waals surface area contributed by atoms with Gasteiger partial charge in [0.1, 0.15) is 11.9 Å². The van der Waals surface area contributed by atoms with E-state index in [1.54, 1.807) is 13.8 Å². The smallest absolute Gasteiger partial charge is 0.354 e. The van der Waals surface area contributed by atoms with E-state index < -0.39 is 35.2 Å². The molecular weight excluding hydrogens is 504 g/mol. The van der Waals surface area contributed by atoms with Gasteiger partial charge in [-0.1, -0.05) is 12.1 Å². The minimum atomic E-state index is -1.27. The molecule has 3 amide bonds. The number of amides is 3. The number of urea groups is 1. The zero-order valence-corrected chi connectivity index (χ0v) is 22.2. The van der Waals surface area contributed by atoms with Crippen molar-refractivity contribution in [2.75, 3.05) is 38.0 Å². The van der Waals surface area contributed by atoms with Gasteiger partial charge in [0.15, 0.2) is 0 Å². The molecule has 0 bridgehead atoms. The van der Waals surface area contributed by atoms with Crippen LogP contribution in [0.25, 0.3) is 5.69 Å². The van der Waals surface area contributed by atoms with Gasteiger partial charge in [-0.15, -0.1) is 0 Å². The number of nitrogens with two attached hydrogens (primary N) is 2. The second-order valence-corrected chi connectivity index (χ2v) is 10.7. The van der Waals surface area contributed by atoms with Crippen molar-refractivity contribution in [1.29, 1.82) is 0 Å². The normalized spacial score (nSPS) is 19.1. The molecule has 13 heteroatoms. The van der Waals surface area contributed by atoms with Crippen LogP contribution in [0.15, 0.2) is 41.3 Å². The Labute approximate surface area is 226 Å². The van der Waals surface area contributed by atoms with E-state index in [1.165, 1.54) is 21.7 Å². The molecule has 1 aromatic heterocycles. The second kappa shape index (κ2) is 11.5. The number of likely N-dealkylation sites (tertiary alicyclic amines) is 1. The summed E-state index contributed by atoms with van der Waals surface area (Å²) in [6, 6.07) is 7.36. The maximum atomic E-state index is 12.9. The average molecular weight is 541 g/mol. The number of piperazine rings is 1. The van der Waals surface area contributed by atoms with E-state index in [1.807, 2.05) is 24.3 Å². The van der Waals surface area contributed by atoms with Crippen LogP contribution in [0.4, 0.5) is 10.6 Å². The number of hydrogen-bond acceptors (Lipinski definition) is 8. The highest BCUT2D eigenvalue weighted by atomic mass is 16.4. The van der Waals surface area contributed by atoms with Crippen molar-refractivity contribution in [1.82, 2.24) is 24.3 Å². The Morgan fingerprint density at radius 2 is 1.74 bits per heavy atom. The van der Waals surface area contributed by atoms with Gasteiger partial charge in [-0.3, -0.25) is 19.6 Å². The predicted molar refractivity (Wildman–Crippen MR) is 144 cm³/mol. The molecule has 1 aromatic carbocycles. The molecule has 0 saturated carbocycles. The highest BCUT2D eigenvalue weighted by Gasteiger charge is 2.39. The molecule has 0 radical (unpaired) electrons. The fourth-order valence-corrected chi connectivity index (χ4v) is 4.81. The standard InChI is InChI=1S/C26H36N8O5/c1-26(2,28)23(37)32-13-14-34(20(16-32)22(35)36)25(39)30-21-9-12-33(24(38)29-21)19-5-3-17(4-6-19)15-31-10-7-18(27)8-11-31/h3-6,9,12,18,20H,7-8,10-11,13-16,27-28H2,1-2H3,(H,35,36)(H,29,30,38,39)/t20-/m0/s1. The van der Waals surface area contributed by atoms with Gasteiger partial charge in [-0.05, 0) is 63.5 Å². The Morgan fingerprint density at radius 3 is 2.33 bits per heavy atom. The molecule has 3 heterocycles. The summed E-state index contributed by atoms with van der Waals surface area (Å²) in [4.78, 5) is 58.8. The molecule has 2 aromatic rings. The Kier molecular flexibility index (Phi) is 8.33. The zero-order chi connectivity index (χ0) is 28.3. The molecule has 0 unspecified atom stereocenters. The number of carbonyl (C=O) groups excluding carboxylic acids is 2. The van der Waals surface area contributed by atoms with Crippen molar-refractivity contribution in [3.8, 4) is 5.69 Å². The summed E-state index contributed by atoms with van der Waals surface area (Å²) in [5.41, 5.74) is 11.8. The zero-order valence-electron chi connectivity index (χ0n) is 22.2. The van der Waals surface area contributed by atoms with Crippen molar-refractivity contribution in [2.24, 2.45) is 11.5 Å². The third-order valence-electron chi connectivity index (χ3n) is 7.06. The van der Waals surface area contributed by atoms with Gasteiger partial charge in [0.2, 0.25) is 5.91 Å². The highest BCUT2D eigenvalue weighted by molar-refractivity contribution is 5.93. The van der Waals surface area contributed by atoms with Crippen LogP contribution in [-0.2, 0) is 16.1 Å². The number of carbonyl (C=O) groups is 3. The molecule has 2 aliphatic rings. The van der Waals surface area contributed by atoms with Crippen LogP contribution in [0.2, 0.25) is 0 Å². The van der Waals surface area contributed by atoms with Crippen LogP contribution in [0.5, 0.6) is 0 Å². The van der Waals surface area contributed by atoms with Crippen molar-refractivity contribution in [3.63, 3.8) is 0 Å². The van der Waals surface area contributed by atoms with Crippen molar-refractivity contribution in [3.05, 3.63) is 52.6 Å². The van der Waals surface area contributed by atoms with E-state index in [2.05, 4.69) is 15.2 Å². The number of piperidine rings is 1. The van der Waals surface area contributed by atoms with E-state index in [0.717, 1.165) is 42.9 Å². The molecule has 2 aliphatic heterocycles. The lowest BCUT2D eigenvalue weighted by molar-refractivity contribution is -0.148. The number of aliphatic carboxylic acids is 1. The summed E-state index contributed by atoms with van der Waals surface area (Å²) < 4.78 is 1.36. The Morgan fingerprint density at radius 1 is 1.08 bits per heavy atom. The number of carboxylic acid groups (broad SMARTS) is 1. The Hall–Kier alpha value is -3.81. The van der Waals surface area contributed by atoms with E-state index in [4.69, 9.17) is 11.5 Å². The summed E-state index contributed by atoms with van der Waals surface area (Å²) in [5, 5.41) is 12.2. The third-order valence-corrected chi connectivity index (χ3v) is 7.06. The minimum absolute atomic E-state index is 0.00749. The van der Waals surface area contributed by atoms with E-state index in [-0.39, 0.29) is 31.5 Å². The third kappa shape index (κ3) is 6.80. The van der Waals surface area contributed by atoms with Crippen LogP contribution >= 0.6 is 0 Å². The van der Waals surface area contributed by atoms with Gasteiger partial charge in [0.05, 0.1) is 17.8 Å². The van der Waals surface area contributed by atoms with Gasteiger partial charge in [0, 0.05) is 31.9 Å². The summed E-state index contributed by atoms with van der Waals surface area (Å²) in [5.74, 6) is -1.66. The lowest BCUT2D eigenvalue weighted by atomic mass is 10.0. The van der Waals surface area contributed by atoms with Gasteiger partial charge in [0.25, 0.3) is 0 Å². The van der Waals surface area contributed by atoms with E-state index >= 15 is 0 Å². The van der Waals surface area contributed by atoms with E-state index in [0.29, 0.717) is 5.69 Å². The molecule has 2 saturated heterocycles. The highest BCUT2D eigenvalue weighted by Crippen LogP contribution is 2.17. The second-order valence-electron chi connectivity index (χ2n) is 10.7. The van der Waals surface area contributed by atoms with Crippen LogP contribution in [0.3, 0.4) is 0 Å². The maximum Gasteiger partial charge on any atom is 0.354 e. The molecular formula is C26H36N8O5. The largest absolute Gasteiger partial charge is 0.480 e. The topological polar surface area (TPSA) is 180 Å². The number of hydrogen-bond donors (Lipinski definition) is 4. The lowest BCUT2D eigenvalue weighted by Gasteiger charge is -2.41. The number of carboxylic acids is 1. The first kappa shape index (κ1) is 28.2. The fourth-order valence-electron chi connectivity index (χ4n) is 4.81. The summed E-state index contributed by atoms with van der Waals surface area (Å²) >= 11 is 0. The van der Waals surface area contributed by atoms with Crippen molar-refractivity contribution < 1.29 is 19.5 Å². The molecule has 13 nitrogen and oxygen atoms in total. The van der Waals surface area contributed by atoms with Crippen molar-refractivity contribution in [2.45, 2.75) is 50.9 Å². The fraction of sp³-hybridized carbons (Fsp3) is 0.500. The first-order chi connectivity index (χ1) is 18.4. The van der Waals surface area contributed by atoms with Gasteiger partial charge < -0.3 is 26.4 Å². The average Bonchev–Trinajstić information content (AvgIpc) is 2.89. The number of anilines is 1. The number of aromatic nitrogens is 2. The number of benzene rings is 1. The summed E-state index contributed by atoms with van der Waals surface area (Å²) in [7, 11) is 0. The molecule has 210 valence electrons. The monoisotopic (exact) mass is 540 g/mol. The van der Waals surface area contributed by atoms with Crippen LogP contribution < -0.4 is 22.5 Å². The van der Waals surface area contributed by atoms with Crippen LogP contribution in [0, 0.1) is 0 Å². The molecule has 2 fully saturated rings. The quantitative estimate of drug-likeness (QED) is 0.393. The molecule has 0 aliphatic carbocycles. The maximum absolute atomic E-state index is 12.9. The van der Waals surface area contributed by atoms with Gasteiger partial charge >= 0.3 is 17.7 Å². The molecule has 39 heavy (non-hydrogen) atoms. The SMILES string of the molecule is CC(C)(N)C(=O)N1CCN(C(=O)Nc2ccn(-c3ccc(CN4CCC(N)CC4)cc3)c(=O)n2)[C@H](C(=O)O)C1. The summed E-state index contributed by atoms with van der Waals surface area (Å²) in [6.45, 7) is 5.74. The molecule has 0 spiro atoms. The number of rotatable bonds is 6. The van der Waals surface area contributed by atoms with E-state index in [9.17, 15) is 24.3 Å². The van der Waals surface area contributed by atoms with Crippen molar-refractivity contribution >= 4 is 23.7 Å². The Bertz CT molecular complexity index is 1260. The first-order valence-electron chi connectivity index (χ1n) is 13.0. The van der Waals surface area contributed by atoms with Crippen LogP contribution in [-0.4, -0.2) is 97.6 Å². The molecule has 4 rings (SSSR count). The number of nitrogens with zero attached hydrogens (tertiary/aromatic N) is 5. The minimum Gasteiger partial charge on any atom is -0.480 e. The van der Waals surface area contributed by atoms with Crippen LogP contribution in [0.1, 0.15) is 32.3 Å².